The maximum atomic E-state index is 14.4. The highest BCUT2D eigenvalue weighted by atomic mass is 32.1. The van der Waals surface area contributed by atoms with E-state index in [4.69, 9.17) is 4.74 Å². The van der Waals surface area contributed by atoms with Crippen molar-refractivity contribution in [1.29, 1.82) is 5.26 Å². The third kappa shape index (κ3) is 3.53. The topological polar surface area (TPSA) is 79.2 Å². The molecule has 2 aromatic rings. The third-order valence-electron chi connectivity index (χ3n) is 5.86. The third-order valence-corrected chi connectivity index (χ3v) is 7.06. The van der Waals surface area contributed by atoms with Gasteiger partial charge in [0.1, 0.15) is 16.9 Å². The van der Waals surface area contributed by atoms with Crippen molar-refractivity contribution < 1.29 is 18.7 Å². The van der Waals surface area contributed by atoms with E-state index in [1.165, 1.54) is 17.4 Å². The fourth-order valence-electron chi connectivity index (χ4n) is 4.45. The molecular weight excluding hydrogens is 391 g/mol. The number of rotatable bonds is 5. The molecule has 0 radical (unpaired) electrons. The molecule has 29 heavy (non-hydrogen) atoms. The van der Waals surface area contributed by atoms with Gasteiger partial charge in [-0.15, -0.1) is 11.3 Å². The van der Waals surface area contributed by atoms with Gasteiger partial charge in [0.25, 0.3) is 5.91 Å². The Labute approximate surface area is 172 Å². The summed E-state index contributed by atoms with van der Waals surface area (Å²) in [5.74, 6) is -1.48. The Kier molecular flexibility index (Phi) is 5.37. The molecule has 2 aliphatic carbocycles. The van der Waals surface area contributed by atoms with Crippen molar-refractivity contribution in [3.63, 3.8) is 0 Å². The second-order valence-electron chi connectivity index (χ2n) is 7.57. The SMILES string of the molecule is N#Cc1c(NC(=O)COC(=O)C2(c3ccccc3F)CCCC2)sc2c1CCC2. The predicted molar refractivity (Wildman–Crippen MR) is 107 cm³/mol. The number of esters is 1. The lowest BCUT2D eigenvalue weighted by Gasteiger charge is -2.27. The number of hydrogen-bond donors (Lipinski definition) is 1. The van der Waals surface area contributed by atoms with E-state index in [1.807, 2.05) is 0 Å². The van der Waals surface area contributed by atoms with Gasteiger partial charge in [0.2, 0.25) is 0 Å². The number of nitrogens with one attached hydrogen (secondary N) is 1. The number of nitrogens with zero attached hydrogens (tertiary/aromatic N) is 1. The number of anilines is 1. The van der Waals surface area contributed by atoms with E-state index >= 15 is 0 Å². The minimum absolute atomic E-state index is 0.337. The molecule has 1 aromatic heterocycles. The Bertz CT molecular complexity index is 1000. The van der Waals surface area contributed by atoms with Crippen LogP contribution in [0.3, 0.4) is 0 Å². The molecule has 1 N–H and O–H groups in total. The number of ether oxygens (including phenoxy) is 1. The normalized spacial score (nSPS) is 16.8. The van der Waals surface area contributed by atoms with E-state index in [9.17, 15) is 19.2 Å². The second kappa shape index (κ2) is 7.96. The molecule has 4 rings (SSSR count). The van der Waals surface area contributed by atoms with Gasteiger partial charge in [0.15, 0.2) is 6.61 Å². The fraction of sp³-hybridized carbons (Fsp3) is 0.409. The Balaban J connectivity index is 1.45. The largest absolute Gasteiger partial charge is 0.455 e. The maximum absolute atomic E-state index is 14.4. The van der Waals surface area contributed by atoms with Crippen LogP contribution in [0.5, 0.6) is 0 Å². The molecule has 0 saturated heterocycles. The molecule has 0 spiro atoms. The van der Waals surface area contributed by atoms with E-state index in [0.29, 0.717) is 29.0 Å². The van der Waals surface area contributed by atoms with Gasteiger partial charge in [-0.05, 0) is 43.7 Å². The zero-order valence-electron chi connectivity index (χ0n) is 15.9. The fourth-order valence-corrected chi connectivity index (χ4v) is 5.71. The molecule has 0 unspecified atom stereocenters. The van der Waals surface area contributed by atoms with Crippen LogP contribution in [0.15, 0.2) is 24.3 Å². The number of nitriles is 1. The van der Waals surface area contributed by atoms with Crippen molar-refractivity contribution in [2.45, 2.75) is 50.4 Å². The smallest absolute Gasteiger partial charge is 0.317 e. The van der Waals surface area contributed by atoms with Crippen LogP contribution in [-0.2, 0) is 32.6 Å². The van der Waals surface area contributed by atoms with Gasteiger partial charge in [-0.1, -0.05) is 31.0 Å². The van der Waals surface area contributed by atoms with Crippen LogP contribution in [0.4, 0.5) is 9.39 Å². The minimum atomic E-state index is -1.03. The minimum Gasteiger partial charge on any atom is -0.455 e. The molecule has 2 aliphatic rings. The van der Waals surface area contributed by atoms with Crippen LogP contribution < -0.4 is 5.32 Å². The van der Waals surface area contributed by atoms with Crippen molar-refractivity contribution in [2.75, 3.05) is 11.9 Å². The summed E-state index contributed by atoms with van der Waals surface area (Å²) in [5.41, 5.74) is 0.840. The van der Waals surface area contributed by atoms with Gasteiger partial charge in [0.05, 0.1) is 11.0 Å². The molecule has 7 heteroatoms. The zero-order valence-corrected chi connectivity index (χ0v) is 16.7. The summed E-state index contributed by atoms with van der Waals surface area (Å²) in [5, 5.41) is 12.6. The molecule has 150 valence electrons. The van der Waals surface area contributed by atoms with Crippen LogP contribution in [0, 0.1) is 17.1 Å². The standard InChI is InChI=1S/C22H21FN2O3S/c23-17-8-2-1-7-16(17)22(10-3-4-11-22)21(27)28-13-19(26)25-20-15(12-24)14-6-5-9-18(14)29-20/h1-2,7-8H,3-6,9-11,13H2,(H,25,26). The predicted octanol–water partition coefficient (Wildman–Crippen LogP) is 4.24. The van der Waals surface area contributed by atoms with Crippen LogP contribution >= 0.6 is 11.3 Å². The summed E-state index contributed by atoms with van der Waals surface area (Å²) in [4.78, 5) is 26.4. The number of aryl methyl sites for hydroxylation is 1. The van der Waals surface area contributed by atoms with Crippen LogP contribution in [0.1, 0.15) is 53.7 Å². The quantitative estimate of drug-likeness (QED) is 0.745. The Hall–Kier alpha value is -2.72. The first kappa shape index (κ1) is 19.6. The van der Waals surface area contributed by atoms with Gasteiger partial charge in [-0.2, -0.15) is 5.26 Å². The summed E-state index contributed by atoms with van der Waals surface area (Å²) in [6.45, 7) is -0.456. The van der Waals surface area contributed by atoms with Crippen molar-refractivity contribution >= 4 is 28.2 Å². The lowest BCUT2D eigenvalue weighted by Crippen LogP contribution is -2.37. The molecule has 1 fully saturated rings. The zero-order chi connectivity index (χ0) is 20.4. The number of halogens is 1. The van der Waals surface area contributed by atoms with Crippen molar-refractivity contribution in [3.8, 4) is 6.07 Å². The number of amides is 1. The first-order chi connectivity index (χ1) is 14.0. The summed E-state index contributed by atoms with van der Waals surface area (Å²) >= 11 is 1.41. The average molecular weight is 412 g/mol. The van der Waals surface area contributed by atoms with E-state index < -0.39 is 29.7 Å². The van der Waals surface area contributed by atoms with Crippen LogP contribution in [-0.4, -0.2) is 18.5 Å². The van der Waals surface area contributed by atoms with Gasteiger partial charge in [0, 0.05) is 10.4 Å². The first-order valence-electron chi connectivity index (χ1n) is 9.82. The van der Waals surface area contributed by atoms with Gasteiger partial charge < -0.3 is 10.1 Å². The van der Waals surface area contributed by atoms with E-state index in [2.05, 4.69) is 11.4 Å². The number of hydrogen-bond acceptors (Lipinski definition) is 5. The summed E-state index contributed by atoms with van der Waals surface area (Å²) in [6.07, 6.45) is 5.42. The Morgan fingerprint density at radius 3 is 2.69 bits per heavy atom. The van der Waals surface area contributed by atoms with Crippen LogP contribution in [0.25, 0.3) is 0 Å². The molecule has 1 saturated carbocycles. The maximum Gasteiger partial charge on any atom is 0.317 e. The molecule has 1 amide bonds. The van der Waals surface area contributed by atoms with Crippen LogP contribution in [0.2, 0.25) is 0 Å². The average Bonchev–Trinajstić information content (AvgIpc) is 3.43. The van der Waals surface area contributed by atoms with E-state index in [0.717, 1.165) is 42.5 Å². The van der Waals surface area contributed by atoms with Crippen molar-refractivity contribution in [2.24, 2.45) is 0 Å². The lowest BCUT2D eigenvalue weighted by molar-refractivity contribution is -0.153. The monoisotopic (exact) mass is 412 g/mol. The highest BCUT2D eigenvalue weighted by Gasteiger charge is 2.46. The van der Waals surface area contributed by atoms with Gasteiger partial charge >= 0.3 is 5.97 Å². The molecule has 1 aromatic carbocycles. The lowest BCUT2D eigenvalue weighted by atomic mass is 9.78. The molecule has 1 heterocycles. The highest BCUT2D eigenvalue weighted by Crippen LogP contribution is 2.43. The number of carbonyl (C=O) groups is 2. The first-order valence-corrected chi connectivity index (χ1v) is 10.6. The number of benzene rings is 1. The second-order valence-corrected chi connectivity index (χ2v) is 8.67. The molecular formula is C22H21FN2O3S. The number of thiophene rings is 1. The molecule has 0 atom stereocenters. The highest BCUT2D eigenvalue weighted by molar-refractivity contribution is 7.16. The summed E-state index contributed by atoms with van der Waals surface area (Å²) in [7, 11) is 0. The van der Waals surface area contributed by atoms with Gasteiger partial charge in [-0.3, -0.25) is 9.59 Å². The number of fused-ring (bicyclic) bond motifs is 1. The van der Waals surface area contributed by atoms with Gasteiger partial charge in [-0.25, -0.2) is 4.39 Å². The Morgan fingerprint density at radius 1 is 1.21 bits per heavy atom. The Morgan fingerprint density at radius 2 is 1.97 bits per heavy atom. The summed E-state index contributed by atoms with van der Waals surface area (Å²) < 4.78 is 19.7. The summed E-state index contributed by atoms with van der Waals surface area (Å²) in [6, 6.07) is 8.43. The molecule has 5 nitrogen and oxygen atoms in total. The number of carbonyl (C=O) groups excluding carboxylic acids is 2. The molecule has 0 aliphatic heterocycles. The molecule has 0 bridgehead atoms. The van der Waals surface area contributed by atoms with Crippen molar-refractivity contribution in [1.82, 2.24) is 0 Å². The van der Waals surface area contributed by atoms with E-state index in [1.54, 1.807) is 18.2 Å². The van der Waals surface area contributed by atoms with Crippen molar-refractivity contribution in [3.05, 3.63) is 51.7 Å². The van der Waals surface area contributed by atoms with E-state index in [-0.39, 0.29) is 0 Å².